The predicted octanol–water partition coefficient (Wildman–Crippen LogP) is 2.51. The fraction of sp³-hybridized carbons (Fsp3) is 0.250. The lowest BCUT2D eigenvalue weighted by Gasteiger charge is -2.30. The fourth-order valence-electron chi connectivity index (χ4n) is 2.25. The maximum atomic E-state index is 9.77. The summed E-state index contributed by atoms with van der Waals surface area (Å²) in [7, 11) is 0. The Morgan fingerprint density at radius 3 is 1.90 bits per heavy atom. The number of phenols is 1. The minimum atomic E-state index is -0.762. The van der Waals surface area contributed by atoms with Crippen LogP contribution in [0.2, 0.25) is 5.02 Å². The van der Waals surface area contributed by atoms with Crippen LogP contribution in [-0.4, -0.2) is 28.5 Å². The molecule has 3 nitrogen and oxygen atoms in total. The number of rotatable bonds is 5. The van der Waals surface area contributed by atoms with E-state index in [-0.39, 0.29) is 19.0 Å². The van der Waals surface area contributed by atoms with Crippen LogP contribution in [-0.2, 0) is 11.8 Å². The van der Waals surface area contributed by atoms with Gasteiger partial charge in [0.1, 0.15) is 5.75 Å². The van der Waals surface area contributed by atoms with Gasteiger partial charge in [-0.3, -0.25) is 0 Å². The summed E-state index contributed by atoms with van der Waals surface area (Å²) in [5.41, 5.74) is 1.00. The molecule has 2 aromatic carbocycles. The number of aliphatic hydroxyl groups is 2. The maximum absolute atomic E-state index is 9.77. The monoisotopic (exact) mass is 292 g/mol. The molecule has 20 heavy (non-hydrogen) atoms. The molecule has 0 aromatic heterocycles. The molecular formula is C16H17ClO3. The molecule has 0 spiro atoms. The number of phenolic OH excluding ortho intramolecular Hbond substituents is 1. The Morgan fingerprint density at radius 1 is 0.850 bits per heavy atom. The zero-order valence-corrected chi connectivity index (χ0v) is 11.7. The van der Waals surface area contributed by atoms with Crippen LogP contribution in [0.5, 0.6) is 5.75 Å². The van der Waals surface area contributed by atoms with Crippen LogP contribution in [0.3, 0.4) is 0 Å². The van der Waals surface area contributed by atoms with Gasteiger partial charge in [-0.25, -0.2) is 0 Å². The zero-order chi connectivity index (χ0) is 14.6. The van der Waals surface area contributed by atoms with E-state index in [0.717, 1.165) is 11.1 Å². The Balaban J connectivity index is 2.33. The van der Waals surface area contributed by atoms with Gasteiger partial charge in [-0.15, -0.1) is 0 Å². The van der Waals surface area contributed by atoms with Gasteiger partial charge in [0.2, 0.25) is 0 Å². The highest BCUT2D eigenvalue weighted by molar-refractivity contribution is 6.30. The molecule has 0 bridgehead atoms. The summed E-state index contributed by atoms with van der Waals surface area (Å²) in [6.45, 7) is -0.349. The topological polar surface area (TPSA) is 60.7 Å². The molecule has 0 fully saturated rings. The Morgan fingerprint density at radius 2 is 1.40 bits per heavy atom. The average Bonchev–Trinajstić information content (AvgIpc) is 2.48. The first-order valence-corrected chi connectivity index (χ1v) is 6.73. The Labute approximate surface area is 123 Å². The Hall–Kier alpha value is -1.55. The molecule has 0 atom stereocenters. The molecule has 0 unspecified atom stereocenters. The SMILES string of the molecule is OCC(CO)(Cc1ccc(O)cc1)c1ccc(Cl)cc1. The van der Waals surface area contributed by atoms with Crippen molar-refractivity contribution in [3.63, 3.8) is 0 Å². The number of aromatic hydroxyl groups is 1. The van der Waals surface area contributed by atoms with Crippen molar-refractivity contribution in [2.75, 3.05) is 13.2 Å². The second-order valence-electron chi connectivity index (χ2n) is 4.95. The van der Waals surface area contributed by atoms with E-state index in [1.165, 1.54) is 0 Å². The Kier molecular flexibility index (Phi) is 4.65. The van der Waals surface area contributed by atoms with Crippen molar-refractivity contribution in [2.24, 2.45) is 0 Å². The number of halogens is 1. The standard InChI is InChI=1S/C16H17ClO3/c17-14-5-3-13(4-6-14)16(10-18,11-19)9-12-1-7-15(20)8-2-12/h1-8,18-20H,9-11H2. The van der Waals surface area contributed by atoms with Gasteiger partial charge in [-0.05, 0) is 41.8 Å². The summed E-state index contributed by atoms with van der Waals surface area (Å²) in [4.78, 5) is 0. The van der Waals surface area contributed by atoms with Crippen molar-refractivity contribution in [2.45, 2.75) is 11.8 Å². The first-order valence-electron chi connectivity index (χ1n) is 6.35. The van der Waals surface area contributed by atoms with E-state index in [4.69, 9.17) is 11.6 Å². The van der Waals surface area contributed by atoms with Crippen molar-refractivity contribution in [1.29, 1.82) is 0 Å². The van der Waals surface area contributed by atoms with Crippen LogP contribution in [0.1, 0.15) is 11.1 Å². The van der Waals surface area contributed by atoms with Crippen molar-refractivity contribution in [1.82, 2.24) is 0 Å². The second kappa shape index (κ2) is 6.27. The number of hydrogen-bond acceptors (Lipinski definition) is 3. The lowest BCUT2D eigenvalue weighted by atomic mass is 9.77. The summed E-state index contributed by atoms with van der Waals surface area (Å²) in [6, 6.07) is 13.9. The smallest absolute Gasteiger partial charge is 0.115 e. The van der Waals surface area contributed by atoms with E-state index in [0.29, 0.717) is 11.4 Å². The van der Waals surface area contributed by atoms with E-state index in [1.807, 2.05) is 12.1 Å². The maximum Gasteiger partial charge on any atom is 0.115 e. The lowest BCUT2D eigenvalue weighted by molar-refractivity contribution is 0.116. The van der Waals surface area contributed by atoms with Crippen molar-refractivity contribution in [3.05, 3.63) is 64.7 Å². The number of benzene rings is 2. The third-order valence-electron chi connectivity index (χ3n) is 3.54. The largest absolute Gasteiger partial charge is 0.508 e. The third kappa shape index (κ3) is 3.12. The zero-order valence-electron chi connectivity index (χ0n) is 11.0. The predicted molar refractivity (Wildman–Crippen MR) is 79.1 cm³/mol. The van der Waals surface area contributed by atoms with Gasteiger partial charge in [0.25, 0.3) is 0 Å². The highest BCUT2D eigenvalue weighted by Gasteiger charge is 2.31. The van der Waals surface area contributed by atoms with E-state index < -0.39 is 5.41 Å². The molecule has 4 heteroatoms. The van der Waals surface area contributed by atoms with Gasteiger partial charge in [0, 0.05) is 10.4 Å². The van der Waals surface area contributed by atoms with E-state index >= 15 is 0 Å². The number of hydrogen-bond donors (Lipinski definition) is 3. The van der Waals surface area contributed by atoms with Gasteiger partial charge < -0.3 is 15.3 Å². The van der Waals surface area contributed by atoms with Gasteiger partial charge >= 0.3 is 0 Å². The molecule has 0 aliphatic heterocycles. The van der Waals surface area contributed by atoms with Crippen LogP contribution in [0.15, 0.2) is 48.5 Å². The van der Waals surface area contributed by atoms with E-state index in [2.05, 4.69) is 0 Å². The molecule has 0 saturated heterocycles. The molecular weight excluding hydrogens is 276 g/mol. The van der Waals surface area contributed by atoms with Crippen LogP contribution < -0.4 is 0 Å². The van der Waals surface area contributed by atoms with Gasteiger partial charge in [0.05, 0.1) is 13.2 Å². The molecule has 0 aliphatic rings. The summed E-state index contributed by atoms with van der Waals surface area (Å²) in [5, 5.41) is 29.5. The molecule has 0 aliphatic carbocycles. The van der Waals surface area contributed by atoms with Crippen LogP contribution in [0, 0.1) is 0 Å². The van der Waals surface area contributed by atoms with Crippen LogP contribution in [0.4, 0.5) is 0 Å². The summed E-state index contributed by atoms with van der Waals surface area (Å²) >= 11 is 5.87. The van der Waals surface area contributed by atoms with Crippen LogP contribution >= 0.6 is 11.6 Å². The minimum Gasteiger partial charge on any atom is -0.508 e. The average molecular weight is 293 g/mol. The van der Waals surface area contributed by atoms with Gasteiger partial charge in [0.15, 0.2) is 0 Å². The van der Waals surface area contributed by atoms with Crippen molar-refractivity contribution < 1.29 is 15.3 Å². The first kappa shape index (κ1) is 14.9. The molecule has 106 valence electrons. The summed E-state index contributed by atoms with van der Waals surface area (Å²) in [5.74, 6) is 0.193. The molecule has 0 amide bonds. The quantitative estimate of drug-likeness (QED) is 0.793. The van der Waals surface area contributed by atoms with Crippen molar-refractivity contribution >= 4 is 11.6 Å². The summed E-state index contributed by atoms with van der Waals surface area (Å²) < 4.78 is 0. The normalized spacial score (nSPS) is 11.6. The highest BCUT2D eigenvalue weighted by atomic mass is 35.5. The van der Waals surface area contributed by atoms with Crippen LogP contribution in [0.25, 0.3) is 0 Å². The minimum absolute atomic E-state index is 0.175. The van der Waals surface area contributed by atoms with Crippen molar-refractivity contribution in [3.8, 4) is 5.75 Å². The van der Waals surface area contributed by atoms with Gasteiger partial charge in [-0.1, -0.05) is 35.9 Å². The van der Waals surface area contributed by atoms with Gasteiger partial charge in [-0.2, -0.15) is 0 Å². The highest BCUT2D eigenvalue weighted by Crippen LogP contribution is 2.29. The lowest BCUT2D eigenvalue weighted by Crippen LogP contribution is -2.37. The molecule has 2 aromatic rings. The molecule has 3 N–H and O–H groups in total. The molecule has 0 saturated carbocycles. The first-order chi connectivity index (χ1) is 9.59. The van der Waals surface area contributed by atoms with E-state index in [9.17, 15) is 15.3 Å². The Bertz CT molecular complexity index is 545. The summed E-state index contributed by atoms with van der Waals surface area (Å²) in [6.07, 6.45) is 0.474. The molecule has 0 radical (unpaired) electrons. The molecule has 2 rings (SSSR count). The number of aliphatic hydroxyl groups excluding tert-OH is 2. The fourth-order valence-corrected chi connectivity index (χ4v) is 2.38. The van der Waals surface area contributed by atoms with E-state index in [1.54, 1.807) is 36.4 Å². The second-order valence-corrected chi connectivity index (χ2v) is 5.38. The third-order valence-corrected chi connectivity index (χ3v) is 3.79. The molecule has 0 heterocycles.